The molecule has 0 saturated heterocycles. The van der Waals surface area contributed by atoms with E-state index in [0.717, 1.165) is 16.6 Å². The Hall–Kier alpha value is -1.90. The van der Waals surface area contributed by atoms with Gasteiger partial charge in [0.1, 0.15) is 0 Å². The van der Waals surface area contributed by atoms with E-state index < -0.39 is 5.97 Å². The predicted molar refractivity (Wildman–Crippen MR) is 58.2 cm³/mol. The quantitative estimate of drug-likeness (QED) is 0.771. The van der Waals surface area contributed by atoms with Crippen LogP contribution in [0.2, 0.25) is 0 Å². The molecule has 0 amide bonds. The van der Waals surface area contributed by atoms with Crippen LogP contribution >= 0.6 is 0 Å². The number of aromatic carboxylic acids is 1. The average molecular weight is 201 g/mol. The SMILES string of the molecule is Cc1ccc2cc(C)nc(C(=O)O)c2c1. The number of rotatable bonds is 1. The van der Waals surface area contributed by atoms with Crippen LogP contribution in [-0.2, 0) is 0 Å². The first-order chi connectivity index (χ1) is 7.08. The van der Waals surface area contributed by atoms with Crippen LogP contribution in [0.4, 0.5) is 0 Å². The van der Waals surface area contributed by atoms with Gasteiger partial charge in [-0.05, 0) is 31.4 Å². The highest BCUT2D eigenvalue weighted by Gasteiger charge is 2.10. The van der Waals surface area contributed by atoms with Gasteiger partial charge in [-0.1, -0.05) is 17.7 Å². The maximum Gasteiger partial charge on any atom is 0.355 e. The fraction of sp³-hybridized carbons (Fsp3) is 0.167. The summed E-state index contributed by atoms with van der Waals surface area (Å²) in [5, 5.41) is 10.7. The van der Waals surface area contributed by atoms with Crippen molar-refractivity contribution in [2.75, 3.05) is 0 Å². The van der Waals surface area contributed by atoms with Crippen molar-refractivity contribution in [1.82, 2.24) is 4.98 Å². The zero-order valence-corrected chi connectivity index (χ0v) is 8.61. The fourth-order valence-electron chi connectivity index (χ4n) is 1.66. The van der Waals surface area contributed by atoms with E-state index in [1.54, 1.807) is 6.92 Å². The summed E-state index contributed by atoms with van der Waals surface area (Å²) in [5.41, 5.74) is 1.90. The molecule has 0 unspecified atom stereocenters. The molecule has 0 aliphatic rings. The largest absolute Gasteiger partial charge is 0.476 e. The Morgan fingerprint density at radius 2 is 2.00 bits per heavy atom. The first kappa shape index (κ1) is 9.65. The molecule has 0 radical (unpaired) electrons. The average Bonchev–Trinajstić information content (AvgIpc) is 2.17. The summed E-state index contributed by atoms with van der Waals surface area (Å²) in [4.78, 5) is 15.1. The van der Waals surface area contributed by atoms with Crippen LogP contribution in [0.3, 0.4) is 0 Å². The minimum atomic E-state index is -0.977. The molecule has 0 spiro atoms. The van der Waals surface area contributed by atoms with Crippen LogP contribution in [0.25, 0.3) is 10.8 Å². The van der Waals surface area contributed by atoms with Gasteiger partial charge in [-0.25, -0.2) is 9.78 Å². The molecule has 0 fully saturated rings. The number of pyridine rings is 1. The predicted octanol–water partition coefficient (Wildman–Crippen LogP) is 2.55. The molecule has 1 N–H and O–H groups in total. The third-order valence-electron chi connectivity index (χ3n) is 2.32. The molecule has 2 aromatic rings. The van der Waals surface area contributed by atoms with Gasteiger partial charge >= 0.3 is 5.97 Å². The maximum absolute atomic E-state index is 11.0. The second-order valence-electron chi connectivity index (χ2n) is 3.64. The molecular weight excluding hydrogens is 190 g/mol. The number of aromatic nitrogens is 1. The standard InChI is InChI=1S/C12H11NO2/c1-7-3-4-9-6-8(2)13-11(12(14)15)10(9)5-7/h3-6H,1-2H3,(H,14,15). The lowest BCUT2D eigenvalue weighted by Gasteiger charge is -2.04. The number of nitrogens with zero attached hydrogens (tertiary/aromatic N) is 1. The van der Waals surface area contributed by atoms with Gasteiger partial charge in [0, 0.05) is 11.1 Å². The van der Waals surface area contributed by atoms with Gasteiger partial charge in [0.2, 0.25) is 0 Å². The van der Waals surface area contributed by atoms with E-state index in [-0.39, 0.29) is 5.69 Å². The molecule has 3 heteroatoms. The van der Waals surface area contributed by atoms with Gasteiger partial charge in [-0.15, -0.1) is 0 Å². The molecule has 0 aliphatic heterocycles. The Bertz CT molecular complexity index is 547. The number of carboxylic acids is 1. The third-order valence-corrected chi connectivity index (χ3v) is 2.32. The Balaban J connectivity index is 2.87. The lowest BCUT2D eigenvalue weighted by atomic mass is 10.1. The first-order valence-corrected chi connectivity index (χ1v) is 4.69. The monoisotopic (exact) mass is 201 g/mol. The van der Waals surface area contributed by atoms with E-state index in [0.29, 0.717) is 5.39 Å². The van der Waals surface area contributed by atoms with Crippen molar-refractivity contribution in [3.63, 3.8) is 0 Å². The van der Waals surface area contributed by atoms with E-state index in [2.05, 4.69) is 4.98 Å². The van der Waals surface area contributed by atoms with Crippen molar-refractivity contribution < 1.29 is 9.90 Å². The van der Waals surface area contributed by atoms with Crippen LogP contribution in [0.5, 0.6) is 0 Å². The Morgan fingerprint density at radius 3 is 2.67 bits per heavy atom. The molecule has 0 saturated carbocycles. The van der Waals surface area contributed by atoms with Gasteiger partial charge in [0.25, 0.3) is 0 Å². The zero-order valence-electron chi connectivity index (χ0n) is 8.61. The smallest absolute Gasteiger partial charge is 0.355 e. The lowest BCUT2D eigenvalue weighted by molar-refractivity contribution is 0.0692. The van der Waals surface area contributed by atoms with E-state index in [1.807, 2.05) is 31.2 Å². The third kappa shape index (κ3) is 1.68. The van der Waals surface area contributed by atoms with Crippen LogP contribution in [0.15, 0.2) is 24.3 Å². The molecule has 0 aliphatic carbocycles. The zero-order chi connectivity index (χ0) is 11.0. The molecule has 1 heterocycles. The van der Waals surface area contributed by atoms with Crippen molar-refractivity contribution in [3.05, 3.63) is 41.2 Å². The van der Waals surface area contributed by atoms with Crippen LogP contribution in [-0.4, -0.2) is 16.1 Å². The minimum absolute atomic E-state index is 0.133. The summed E-state index contributed by atoms with van der Waals surface area (Å²) in [6, 6.07) is 7.63. The van der Waals surface area contributed by atoms with Gasteiger partial charge in [-0.3, -0.25) is 0 Å². The molecule has 15 heavy (non-hydrogen) atoms. The summed E-state index contributed by atoms with van der Waals surface area (Å²) in [5.74, 6) is -0.977. The normalized spacial score (nSPS) is 10.5. The highest BCUT2D eigenvalue weighted by Crippen LogP contribution is 2.20. The molecule has 76 valence electrons. The molecule has 2 rings (SSSR count). The molecule has 1 aromatic heterocycles. The first-order valence-electron chi connectivity index (χ1n) is 4.69. The number of fused-ring (bicyclic) bond motifs is 1. The number of carbonyl (C=O) groups is 1. The summed E-state index contributed by atoms with van der Waals surface area (Å²) >= 11 is 0. The van der Waals surface area contributed by atoms with E-state index in [9.17, 15) is 4.79 Å². The summed E-state index contributed by atoms with van der Waals surface area (Å²) < 4.78 is 0. The van der Waals surface area contributed by atoms with Crippen molar-refractivity contribution in [2.45, 2.75) is 13.8 Å². The van der Waals surface area contributed by atoms with Crippen LogP contribution in [0.1, 0.15) is 21.7 Å². The summed E-state index contributed by atoms with van der Waals surface area (Å²) in [6.45, 7) is 3.73. The Labute approximate surface area is 87.4 Å². The lowest BCUT2D eigenvalue weighted by Crippen LogP contribution is -2.02. The number of hydrogen-bond donors (Lipinski definition) is 1. The Morgan fingerprint density at radius 1 is 1.27 bits per heavy atom. The number of aryl methyl sites for hydroxylation is 2. The number of hydrogen-bond acceptors (Lipinski definition) is 2. The van der Waals surface area contributed by atoms with Crippen LogP contribution in [0, 0.1) is 13.8 Å². The van der Waals surface area contributed by atoms with E-state index in [1.165, 1.54) is 0 Å². The van der Waals surface area contributed by atoms with E-state index in [4.69, 9.17) is 5.11 Å². The molecule has 0 atom stereocenters. The van der Waals surface area contributed by atoms with Gasteiger partial charge in [0.05, 0.1) is 0 Å². The van der Waals surface area contributed by atoms with Gasteiger partial charge in [-0.2, -0.15) is 0 Å². The maximum atomic E-state index is 11.0. The molecule has 1 aromatic carbocycles. The summed E-state index contributed by atoms with van der Waals surface area (Å²) in [6.07, 6.45) is 0. The number of benzene rings is 1. The van der Waals surface area contributed by atoms with Crippen molar-refractivity contribution in [1.29, 1.82) is 0 Å². The van der Waals surface area contributed by atoms with Crippen molar-refractivity contribution in [3.8, 4) is 0 Å². The molecule has 3 nitrogen and oxygen atoms in total. The van der Waals surface area contributed by atoms with Crippen LogP contribution < -0.4 is 0 Å². The highest BCUT2D eigenvalue weighted by molar-refractivity contribution is 6.02. The molecular formula is C12H11NO2. The minimum Gasteiger partial charge on any atom is -0.476 e. The topological polar surface area (TPSA) is 50.2 Å². The number of carboxylic acid groups (broad SMARTS) is 1. The van der Waals surface area contributed by atoms with Gasteiger partial charge < -0.3 is 5.11 Å². The van der Waals surface area contributed by atoms with Gasteiger partial charge in [0.15, 0.2) is 5.69 Å². The van der Waals surface area contributed by atoms with Crippen molar-refractivity contribution in [2.24, 2.45) is 0 Å². The highest BCUT2D eigenvalue weighted by atomic mass is 16.4. The second-order valence-corrected chi connectivity index (χ2v) is 3.64. The molecule has 0 bridgehead atoms. The Kier molecular flexibility index (Phi) is 2.15. The second kappa shape index (κ2) is 3.35. The fourth-order valence-corrected chi connectivity index (χ4v) is 1.66. The summed E-state index contributed by atoms with van der Waals surface area (Å²) in [7, 11) is 0. The van der Waals surface area contributed by atoms with E-state index >= 15 is 0 Å². The van der Waals surface area contributed by atoms with Crippen molar-refractivity contribution >= 4 is 16.7 Å².